The molecule has 0 aromatic rings. The van der Waals surface area contributed by atoms with Gasteiger partial charge in [-0.2, -0.15) is 0 Å². The largest absolute Gasteiger partial charge is 0.377 e. The predicted octanol–water partition coefficient (Wildman–Crippen LogP) is 3.29. The summed E-state index contributed by atoms with van der Waals surface area (Å²) < 4.78 is 6.00. The van der Waals surface area contributed by atoms with Gasteiger partial charge in [0, 0.05) is 38.3 Å². The minimum Gasteiger partial charge on any atom is -0.377 e. The Labute approximate surface area is 131 Å². The fourth-order valence-electron chi connectivity index (χ4n) is 3.77. The Morgan fingerprint density at radius 2 is 2.05 bits per heavy atom. The van der Waals surface area contributed by atoms with E-state index in [0.717, 1.165) is 25.6 Å². The van der Waals surface area contributed by atoms with Gasteiger partial charge in [-0.3, -0.25) is 4.90 Å². The Morgan fingerprint density at radius 3 is 2.62 bits per heavy atom. The highest BCUT2D eigenvalue weighted by molar-refractivity contribution is 4.94. The maximum atomic E-state index is 6.00. The second-order valence-electron chi connectivity index (χ2n) is 8.22. The van der Waals surface area contributed by atoms with E-state index < -0.39 is 0 Å². The first kappa shape index (κ1) is 17.2. The number of piperazine rings is 1. The number of rotatable bonds is 4. The molecule has 2 heterocycles. The zero-order valence-corrected chi connectivity index (χ0v) is 14.8. The number of nitrogens with zero attached hydrogens (tertiary/aromatic N) is 1. The molecule has 0 aromatic carbocycles. The van der Waals surface area contributed by atoms with Crippen molar-refractivity contribution in [2.75, 3.05) is 26.2 Å². The molecule has 2 aliphatic rings. The minimum atomic E-state index is 0.322. The maximum Gasteiger partial charge on any atom is 0.0702 e. The van der Waals surface area contributed by atoms with Gasteiger partial charge in [-0.25, -0.2) is 0 Å². The van der Waals surface area contributed by atoms with E-state index in [1.54, 1.807) is 0 Å². The molecule has 2 fully saturated rings. The van der Waals surface area contributed by atoms with E-state index in [1.165, 1.54) is 32.2 Å². The second-order valence-corrected chi connectivity index (χ2v) is 8.22. The molecule has 1 N–H and O–H groups in total. The van der Waals surface area contributed by atoms with Crippen LogP contribution < -0.4 is 5.32 Å². The fourth-order valence-corrected chi connectivity index (χ4v) is 3.77. The molecule has 2 saturated heterocycles. The van der Waals surface area contributed by atoms with E-state index in [1.807, 2.05) is 0 Å². The van der Waals surface area contributed by atoms with Crippen molar-refractivity contribution in [1.82, 2.24) is 10.2 Å². The van der Waals surface area contributed by atoms with Crippen molar-refractivity contribution in [1.29, 1.82) is 0 Å². The average Bonchev–Trinajstić information content (AvgIpc) is 2.46. The summed E-state index contributed by atoms with van der Waals surface area (Å²) in [6.07, 6.45) is 5.54. The highest BCUT2D eigenvalue weighted by Crippen LogP contribution is 2.29. The van der Waals surface area contributed by atoms with Crippen LogP contribution in [0.4, 0.5) is 0 Å². The molecule has 0 spiro atoms. The van der Waals surface area contributed by atoms with Crippen molar-refractivity contribution in [3.05, 3.63) is 0 Å². The zero-order chi connectivity index (χ0) is 15.5. The average molecular weight is 296 g/mol. The van der Waals surface area contributed by atoms with Crippen LogP contribution in [0.2, 0.25) is 0 Å². The SMILES string of the molecule is CCC(C)C1CN(CC2CCCCO2)C(C(C)(C)C)CN1. The van der Waals surface area contributed by atoms with Crippen LogP contribution in [0.5, 0.6) is 0 Å². The third-order valence-corrected chi connectivity index (χ3v) is 5.49. The van der Waals surface area contributed by atoms with E-state index in [2.05, 4.69) is 44.8 Å². The van der Waals surface area contributed by atoms with Gasteiger partial charge >= 0.3 is 0 Å². The first-order valence-electron chi connectivity index (χ1n) is 9.00. The molecular formula is C18H36N2O. The Bertz CT molecular complexity index is 305. The summed E-state index contributed by atoms with van der Waals surface area (Å²) in [6, 6.07) is 1.25. The van der Waals surface area contributed by atoms with Crippen LogP contribution >= 0.6 is 0 Å². The molecule has 3 heteroatoms. The minimum absolute atomic E-state index is 0.322. The van der Waals surface area contributed by atoms with E-state index in [4.69, 9.17) is 4.74 Å². The molecule has 124 valence electrons. The summed E-state index contributed by atoms with van der Waals surface area (Å²) in [5.74, 6) is 0.751. The molecule has 4 unspecified atom stereocenters. The van der Waals surface area contributed by atoms with Gasteiger partial charge in [0.15, 0.2) is 0 Å². The lowest BCUT2D eigenvalue weighted by Gasteiger charge is -2.48. The lowest BCUT2D eigenvalue weighted by molar-refractivity contribution is -0.0396. The van der Waals surface area contributed by atoms with E-state index in [0.29, 0.717) is 23.6 Å². The molecular weight excluding hydrogens is 260 g/mol. The third kappa shape index (κ3) is 4.67. The first-order valence-corrected chi connectivity index (χ1v) is 9.00. The van der Waals surface area contributed by atoms with Crippen LogP contribution in [0.3, 0.4) is 0 Å². The third-order valence-electron chi connectivity index (χ3n) is 5.49. The summed E-state index contributed by atoms with van der Waals surface area (Å²) in [6.45, 7) is 16.2. The van der Waals surface area contributed by atoms with Crippen LogP contribution in [0, 0.1) is 11.3 Å². The molecule has 0 aromatic heterocycles. The van der Waals surface area contributed by atoms with Crippen molar-refractivity contribution >= 4 is 0 Å². The van der Waals surface area contributed by atoms with E-state index in [9.17, 15) is 0 Å². The lowest BCUT2D eigenvalue weighted by atomic mass is 9.82. The summed E-state index contributed by atoms with van der Waals surface area (Å²) in [5.41, 5.74) is 0.322. The molecule has 4 atom stereocenters. The van der Waals surface area contributed by atoms with Gasteiger partial charge in [0.2, 0.25) is 0 Å². The monoisotopic (exact) mass is 296 g/mol. The number of hydrogen-bond acceptors (Lipinski definition) is 3. The summed E-state index contributed by atoms with van der Waals surface area (Å²) >= 11 is 0. The Morgan fingerprint density at radius 1 is 1.29 bits per heavy atom. The number of hydrogen-bond donors (Lipinski definition) is 1. The highest BCUT2D eigenvalue weighted by atomic mass is 16.5. The molecule has 21 heavy (non-hydrogen) atoms. The molecule has 0 amide bonds. The van der Waals surface area contributed by atoms with Crippen molar-refractivity contribution in [3.8, 4) is 0 Å². The Kier molecular flexibility index (Phi) is 6.10. The summed E-state index contributed by atoms with van der Waals surface area (Å²) in [4.78, 5) is 2.73. The van der Waals surface area contributed by atoms with Crippen molar-refractivity contribution in [3.63, 3.8) is 0 Å². The second kappa shape index (κ2) is 7.43. The first-order chi connectivity index (χ1) is 9.91. The molecule has 0 saturated carbocycles. The normalized spacial score (nSPS) is 33.9. The smallest absolute Gasteiger partial charge is 0.0702 e. The lowest BCUT2D eigenvalue weighted by Crippen LogP contribution is -2.63. The molecule has 2 aliphatic heterocycles. The van der Waals surface area contributed by atoms with Crippen LogP contribution in [-0.4, -0.2) is 49.3 Å². The van der Waals surface area contributed by atoms with Gasteiger partial charge in [-0.1, -0.05) is 41.0 Å². The molecule has 0 radical (unpaired) electrons. The molecule has 2 rings (SSSR count). The van der Waals surface area contributed by atoms with Crippen LogP contribution in [0.25, 0.3) is 0 Å². The van der Waals surface area contributed by atoms with Crippen molar-refractivity contribution in [2.45, 2.75) is 78.5 Å². The van der Waals surface area contributed by atoms with Gasteiger partial charge in [0.1, 0.15) is 0 Å². The fraction of sp³-hybridized carbons (Fsp3) is 1.00. The van der Waals surface area contributed by atoms with Gasteiger partial charge < -0.3 is 10.1 Å². The highest BCUT2D eigenvalue weighted by Gasteiger charge is 2.37. The van der Waals surface area contributed by atoms with Crippen molar-refractivity contribution < 1.29 is 4.74 Å². The van der Waals surface area contributed by atoms with Gasteiger partial charge in [-0.05, 0) is 30.6 Å². The van der Waals surface area contributed by atoms with Crippen molar-refractivity contribution in [2.24, 2.45) is 11.3 Å². The summed E-state index contributed by atoms with van der Waals surface area (Å²) in [5, 5.41) is 3.81. The summed E-state index contributed by atoms with van der Waals surface area (Å²) in [7, 11) is 0. The maximum absolute atomic E-state index is 6.00. The Balaban J connectivity index is 2.01. The van der Waals surface area contributed by atoms with Crippen LogP contribution in [0.1, 0.15) is 60.3 Å². The molecule has 0 bridgehead atoms. The quantitative estimate of drug-likeness (QED) is 0.861. The number of nitrogens with one attached hydrogen (secondary N) is 1. The van der Waals surface area contributed by atoms with Gasteiger partial charge in [-0.15, -0.1) is 0 Å². The topological polar surface area (TPSA) is 24.5 Å². The molecule has 0 aliphatic carbocycles. The predicted molar refractivity (Wildman–Crippen MR) is 89.7 cm³/mol. The van der Waals surface area contributed by atoms with Crippen LogP contribution in [-0.2, 0) is 4.74 Å². The standard InChI is InChI=1S/C18H36N2O/c1-6-14(2)16-13-20(12-15-9-7-8-10-21-15)17(11-19-16)18(3,4)5/h14-17,19H,6-13H2,1-5H3. The molecule has 3 nitrogen and oxygen atoms in total. The van der Waals surface area contributed by atoms with E-state index >= 15 is 0 Å². The Hall–Kier alpha value is -0.120. The zero-order valence-electron chi connectivity index (χ0n) is 14.8. The van der Waals surface area contributed by atoms with Crippen LogP contribution in [0.15, 0.2) is 0 Å². The van der Waals surface area contributed by atoms with Gasteiger partial charge in [0.05, 0.1) is 6.10 Å². The van der Waals surface area contributed by atoms with Gasteiger partial charge in [0.25, 0.3) is 0 Å². The number of ether oxygens (including phenoxy) is 1. The van der Waals surface area contributed by atoms with E-state index in [-0.39, 0.29) is 0 Å².